The average molecular weight is 588 g/mol. The maximum absolute atomic E-state index is 14.5. The van der Waals surface area contributed by atoms with Crippen molar-refractivity contribution in [3.8, 4) is 11.1 Å². The van der Waals surface area contributed by atoms with E-state index < -0.39 is 28.6 Å². The number of ether oxygens (including phenoxy) is 2. The minimum absolute atomic E-state index is 0.00563. The van der Waals surface area contributed by atoms with E-state index in [2.05, 4.69) is 48.3 Å². The maximum atomic E-state index is 14.5. The standard InChI is InChI=1S/C39H41NO4/c1-6-25-38(28(2)41,27-43-26-29-17-9-7-10-18-29)35(36(42)44-37(3,4)5)40-39(30-19-11-8-12-20-30)33-23-15-13-21-31(33)32-22-14-16-24-34(32)39/h6-24,35,40H,1,25-27H2,2-5H3/t35-,38?/m1/s1. The Morgan fingerprint density at radius 1 is 0.818 bits per heavy atom. The van der Waals surface area contributed by atoms with Gasteiger partial charge in [0.1, 0.15) is 17.4 Å². The molecular weight excluding hydrogens is 546 g/mol. The van der Waals surface area contributed by atoms with Crippen molar-refractivity contribution in [2.45, 2.75) is 57.9 Å². The molecular formula is C39H41NO4. The largest absolute Gasteiger partial charge is 0.459 e. The van der Waals surface area contributed by atoms with E-state index in [1.807, 2.05) is 93.6 Å². The molecule has 5 rings (SSSR count). The van der Waals surface area contributed by atoms with Gasteiger partial charge in [0, 0.05) is 0 Å². The van der Waals surface area contributed by atoms with Gasteiger partial charge in [-0.1, -0.05) is 115 Å². The molecule has 4 aromatic rings. The van der Waals surface area contributed by atoms with Crippen molar-refractivity contribution in [1.29, 1.82) is 0 Å². The molecule has 226 valence electrons. The Kier molecular flexibility index (Phi) is 9.00. The zero-order valence-electron chi connectivity index (χ0n) is 26.0. The Labute approximate surface area is 260 Å². The highest BCUT2D eigenvalue weighted by Crippen LogP contribution is 2.52. The van der Waals surface area contributed by atoms with Gasteiger partial charge in [0.2, 0.25) is 0 Å². The summed E-state index contributed by atoms with van der Waals surface area (Å²) in [5.41, 5.74) is 3.01. The fourth-order valence-electron chi connectivity index (χ4n) is 6.36. The first-order valence-corrected chi connectivity index (χ1v) is 15.1. The fourth-order valence-corrected chi connectivity index (χ4v) is 6.36. The summed E-state index contributed by atoms with van der Waals surface area (Å²) < 4.78 is 12.4. The lowest BCUT2D eigenvalue weighted by Crippen LogP contribution is -2.63. The van der Waals surface area contributed by atoms with E-state index in [9.17, 15) is 9.59 Å². The van der Waals surface area contributed by atoms with Gasteiger partial charge in [-0.15, -0.1) is 6.58 Å². The highest BCUT2D eigenvalue weighted by Gasteiger charge is 2.54. The number of fused-ring (bicyclic) bond motifs is 3. The molecule has 1 N–H and O–H groups in total. The van der Waals surface area contributed by atoms with E-state index in [4.69, 9.17) is 9.47 Å². The summed E-state index contributed by atoms with van der Waals surface area (Å²) in [6.07, 6.45) is 1.90. The van der Waals surface area contributed by atoms with Gasteiger partial charge in [0.15, 0.2) is 0 Å². The van der Waals surface area contributed by atoms with Gasteiger partial charge in [-0.25, -0.2) is 0 Å². The number of allylic oxidation sites excluding steroid dienone is 1. The van der Waals surface area contributed by atoms with Crippen LogP contribution in [0.5, 0.6) is 0 Å². The Balaban J connectivity index is 1.71. The molecule has 0 saturated carbocycles. The van der Waals surface area contributed by atoms with Crippen LogP contribution >= 0.6 is 0 Å². The van der Waals surface area contributed by atoms with Crippen LogP contribution in [0, 0.1) is 5.41 Å². The van der Waals surface area contributed by atoms with Crippen LogP contribution < -0.4 is 5.32 Å². The third-order valence-electron chi connectivity index (χ3n) is 8.40. The van der Waals surface area contributed by atoms with E-state index in [1.54, 1.807) is 6.08 Å². The summed E-state index contributed by atoms with van der Waals surface area (Å²) in [6, 6.07) is 35.3. The molecule has 1 unspecified atom stereocenters. The van der Waals surface area contributed by atoms with Crippen molar-refractivity contribution < 1.29 is 19.1 Å². The number of nitrogens with one attached hydrogen (secondary N) is 1. The molecule has 0 aliphatic heterocycles. The SMILES string of the molecule is C=CCC(COCc1ccccc1)(C(C)=O)[C@H](NC1(c2ccccc2)c2ccccc2-c2ccccc21)C(=O)OC(C)(C)C. The predicted octanol–water partition coefficient (Wildman–Crippen LogP) is 7.63. The topological polar surface area (TPSA) is 64.6 Å². The molecule has 1 aliphatic carbocycles. The van der Waals surface area contributed by atoms with Crippen LogP contribution in [0.1, 0.15) is 56.4 Å². The summed E-state index contributed by atoms with van der Waals surface area (Å²) in [5.74, 6) is -0.702. The number of ketones is 1. The summed E-state index contributed by atoms with van der Waals surface area (Å²) in [6.45, 7) is 11.3. The number of hydrogen-bond donors (Lipinski definition) is 1. The van der Waals surface area contributed by atoms with Crippen LogP contribution in [0.15, 0.2) is 122 Å². The van der Waals surface area contributed by atoms with Gasteiger partial charge in [-0.3, -0.25) is 14.9 Å². The predicted molar refractivity (Wildman–Crippen MR) is 175 cm³/mol. The van der Waals surface area contributed by atoms with E-state index in [1.165, 1.54) is 6.92 Å². The Morgan fingerprint density at radius 2 is 1.34 bits per heavy atom. The number of carbonyl (C=O) groups is 2. The molecule has 1 aliphatic rings. The summed E-state index contributed by atoms with van der Waals surface area (Å²) in [4.78, 5) is 28.4. The van der Waals surface area contributed by atoms with Crippen LogP contribution in [0.25, 0.3) is 11.1 Å². The van der Waals surface area contributed by atoms with Crippen LogP contribution in [-0.2, 0) is 31.2 Å². The summed E-state index contributed by atoms with van der Waals surface area (Å²) >= 11 is 0. The van der Waals surface area contributed by atoms with E-state index >= 15 is 0 Å². The summed E-state index contributed by atoms with van der Waals surface area (Å²) in [7, 11) is 0. The smallest absolute Gasteiger partial charge is 0.324 e. The number of esters is 1. The van der Waals surface area contributed by atoms with Gasteiger partial charge in [0.25, 0.3) is 0 Å². The van der Waals surface area contributed by atoms with Crippen LogP contribution in [0.3, 0.4) is 0 Å². The average Bonchev–Trinajstić information content (AvgIpc) is 3.30. The number of hydrogen-bond acceptors (Lipinski definition) is 5. The van der Waals surface area contributed by atoms with Gasteiger partial charge >= 0.3 is 5.97 Å². The van der Waals surface area contributed by atoms with E-state index in [-0.39, 0.29) is 18.8 Å². The molecule has 0 radical (unpaired) electrons. The number of benzene rings is 4. The molecule has 0 bridgehead atoms. The first kappa shape index (κ1) is 31.1. The second-order valence-corrected chi connectivity index (χ2v) is 12.5. The monoisotopic (exact) mass is 587 g/mol. The minimum atomic E-state index is -1.31. The molecule has 0 spiro atoms. The molecule has 2 atom stereocenters. The first-order valence-electron chi connectivity index (χ1n) is 15.1. The maximum Gasteiger partial charge on any atom is 0.324 e. The molecule has 0 fully saturated rings. The number of rotatable bonds is 12. The Hall–Kier alpha value is -4.32. The Morgan fingerprint density at radius 3 is 1.86 bits per heavy atom. The highest BCUT2D eigenvalue weighted by atomic mass is 16.6. The molecule has 5 nitrogen and oxygen atoms in total. The third-order valence-corrected chi connectivity index (χ3v) is 8.40. The minimum Gasteiger partial charge on any atom is -0.459 e. The van der Waals surface area contributed by atoms with Gasteiger partial charge in [-0.2, -0.15) is 0 Å². The quantitative estimate of drug-likeness (QED) is 0.136. The molecule has 0 amide bonds. The molecule has 4 aromatic carbocycles. The van der Waals surface area contributed by atoms with Gasteiger partial charge < -0.3 is 9.47 Å². The number of carbonyl (C=O) groups excluding carboxylic acids is 2. The van der Waals surface area contributed by atoms with Crippen molar-refractivity contribution in [3.63, 3.8) is 0 Å². The van der Waals surface area contributed by atoms with Gasteiger partial charge in [-0.05, 0) is 67.5 Å². The van der Waals surface area contributed by atoms with Crippen LogP contribution in [0.2, 0.25) is 0 Å². The number of Topliss-reactive ketones (excluding diaryl/α,β-unsaturated/α-hetero) is 1. The van der Waals surface area contributed by atoms with Crippen molar-refractivity contribution >= 4 is 11.8 Å². The van der Waals surface area contributed by atoms with Crippen molar-refractivity contribution in [2.75, 3.05) is 6.61 Å². The zero-order valence-corrected chi connectivity index (χ0v) is 26.0. The van der Waals surface area contributed by atoms with E-state index in [0.29, 0.717) is 6.61 Å². The molecule has 5 heteroatoms. The fraction of sp³-hybridized carbons (Fsp3) is 0.282. The second kappa shape index (κ2) is 12.7. The molecule has 0 saturated heterocycles. The first-order chi connectivity index (χ1) is 21.1. The lowest BCUT2D eigenvalue weighted by molar-refractivity contribution is -0.167. The van der Waals surface area contributed by atoms with Crippen molar-refractivity contribution in [2.24, 2.45) is 5.41 Å². The third kappa shape index (κ3) is 5.90. The van der Waals surface area contributed by atoms with Crippen molar-refractivity contribution in [1.82, 2.24) is 5.32 Å². The lowest BCUT2D eigenvalue weighted by Gasteiger charge is -2.44. The zero-order chi connectivity index (χ0) is 31.4. The molecule has 44 heavy (non-hydrogen) atoms. The van der Waals surface area contributed by atoms with Crippen LogP contribution in [-0.4, -0.2) is 30.0 Å². The van der Waals surface area contributed by atoms with Crippen LogP contribution in [0.4, 0.5) is 0 Å². The van der Waals surface area contributed by atoms with Crippen molar-refractivity contribution in [3.05, 3.63) is 144 Å². The second-order valence-electron chi connectivity index (χ2n) is 12.5. The Bertz CT molecular complexity index is 1580. The van der Waals surface area contributed by atoms with E-state index in [0.717, 1.165) is 33.4 Å². The highest BCUT2D eigenvalue weighted by molar-refractivity contribution is 5.92. The summed E-state index contributed by atoms with van der Waals surface area (Å²) in [5, 5.41) is 3.81. The molecule has 0 aromatic heterocycles. The van der Waals surface area contributed by atoms with Gasteiger partial charge in [0.05, 0.1) is 24.2 Å². The normalized spacial score (nSPS) is 15.4. The lowest BCUT2D eigenvalue weighted by atomic mass is 9.71. The molecule has 0 heterocycles.